The molecule has 1 aromatic heterocycles. The standard InChI is InChI=1S/C18H16N2OS2/c1-12-4-2-5-13(8-12)11-23-18-15(10-19)14(9-17(21)20-18)16-6-3-7-22-16/h2-8,14H,9,11H2,1H3,(H,20,21)/t14-/m1/s1. The van der Waals surface area contributed by atoms with Gasteiger partial charge < -0.3 is 5.32 Å². The first-order valence-electron chi connectivity index (χ1n) is 7.33. The average Bonchev–Trinajstić information content (AvgIpc) is 3.06. The van der Waals surface area contributed by atoms with Crippen LogP contribution in [0.5, 0.6) is 0 Å². The van der Waals surface area contributed by atoms with E-state index in [0.29, 0.717) is 17.0 Å². The van der Waals surface area contributed by atoms with E-state index in [0.717, 1.165) is 10.6 Å². The van der Waals surface area contributed by atoms with E-state index in [1.807, 2.05) is 23.6 Å². The van der Waals surface area contributed by atoms with Crippen molar-refractivity contribution in [3.63, 3.8) is 0 Å². The van der Waals surface area contributed by atoms with Crippen molar-refractivity contribution < 1.29 is 4.79 Å². The number of carbonyl (C=O) groups is 1. The van der Waals surface area contributed by atoms with Crippen LogP contribution in [0.2, 0.25) is 0 Å². The van der Waals surface area contributed by atoms with E-state index in [1.54, 1.807) is 11.3 Å². The lowest BCUT2D eigenvalue weighted by Crippen LogP contribution is -2.30. The Balaban J connectivity index is 1.85. The first kappa shape index (κ1) is 15.9. The van der Waals surface area contributed by atoms with E-state index >= 15 is 0 Å². The Kier molecular flexibility index (Phi) is 4.85. The number of rotatable bonds is 4. The third kappa shape index (κ3) is 3.66. The fourth-order valence-corrected chi connectivity index (χ4v) is 4.48. The number of nitrogens with zero attached hydrogens (tertiary/aromatic N) is 1. The molecule has 0 unspecified atom stereocenters. The number of carbonyl (C=O) groups excluding carboxylic acids is 1. The lowest BCUT2D eigenvalue weighted by Gasteiger charge is -2.24. The summed E-state index contributed by atoms with van der Waals surface area (Å²) in [4.78, 5) is 13.1. The number of aryl methyl sites for hydroxylation is 1. The maximum absolute atomic E-state index is 12.0. The first-order valence-corrected chi connectivity index (χ1v) is 9.20. The van der Waals surface area contributed by atoms with Crippen LogP contribution in [-0.2, 0) is 10.5 Å². The molecule has 1 aromatic carbocycles. The minimum atomic E-state index is -0.117. The van der Waals surface area contributed by atoms with Crippen LogP contribution in [0, 0.1) is 18.3 Å². The Morgan fingerprint density at radius 3 is 2.96 bits per heavy atom. The van der Waals surface area contributed by atoms with E-state index in [2.05, 4.69) is 36.5 Å². The minimum absolute atomic E-state index is 0.0193. The largest absolute Gasteiger partial charge is 0.320 e. The van der Waals surface area contributed by atoms with Crippen molar-refractivity contribution in [2.45, 2.75) is 25.0 Å². The number of allylic oxidation sites excluding steroid dienone is 1. The topological polar surface area (TPSA) is 52.9 Å². The highest BCUT2D eigenvalue weighted by Gasteiger charge is 2.30. The number of thioether (sulfide) groups is 1. The summed E-state index contributed by atoms with van der Waals surface area (Å²) >= 11 is 3.12. The van der Waals surface area contributed by atoms with Gasteiger partial charge in [0.15, 0.2) is 0 Å². The molecule has 116 valence electrons. The zero-order valence-corrected chi connectivity index (χ0v) is 14.3. The number of hydrogen-bond acceptors (Lipinski definition) is 4. The van der Waals surface area contributed by atoms with E-state index in [-0.39, 0.29) is 11.8 Å². The number of thiophene rings is 1. The van der Waals surface area contributed by atoms with Gasteiger partial charge in [-0.3, -0.25) is 4.79 Å². The molecule has 5 heteroatoms. The molecule has 3 nitrogen and oxygen atoms in total. The summed E-state index contributed by atoms with van der Waals surface area (Å²) in [5.74, 6) is 0.600. The van der Waals surface area contributed by atoms with E-state index < -0.39 is 0 Å². The Morgan fingerprint density at radius 1 is 1.39 bits per heavy atom. The van der Waals surface area contributed by atoms with Crippen LogP contribution >= 0.6 is 23.1 Å². The summed E-state index contributed by atoms with van der Waals surface area (Å²) in [5.41, 5.74) is 3.07. The average molecular weight is 340 g/mol. The van der Waals surface area contributed by atoms with Gasteiger partial charge in [-0.25, -0.2) is 0 Å². The SMILES string of the molecule is Cc1cccc(CSC2=C(C#N)[C@H](c3cccs3)CC(=O)N2)c1. The maximum atomic E-state index is 12.0. The Labute approximate surface area is 144 Å². The number of nitrogens with one attached hydrogen (secondary N) is 1. The number of amides is 1. The van der Waals surface area contributed by atoms with Gasteiger partial charge in [0.2, 0.25) is 5.91 Å². The molecule has 1 aliphatic heterocycles. The highest BCUT2D eigenvalue weighted by molar-refractivity contribution is 8.02. The fourth-order valence-electron chi connectivity index (χ4n) is 2.62. The predicted octanol–water partition coefficient (Wildman–Crippen LogP) is 4.33. The molecule has 0 saturated carbocycles. The first-order chi connectivity index (χ1) is 11.2. The molecule has 2 aromatic rings. The Morgan fingerprint density at radius 2 is 2.26 bits per heavy atom. The van der Waals surface area contributed by atoms with Gasteiger partial charge in [-0.2, -0.15) is 5.26 Å². The third-order valence-corrected chi connectivity index (χ3v) is 5.78. The zero-order valence-electron chi connectivity index (χ0n) is 12.7. The number of nitriles is 1. The Hall–Kier alpha value is -2.03. The maximum Gasteiger partial charge on any atom is 0.225 e. The molecule has 0 bridgehead atoms. The van der Waals surface area contributed by atoms with Gasteiger partial charge in [-0.1, -0.05) is 35.9 Å². The molecule has 0 saturated heterocycles. The van der Waals surface area contributed by atoms with Crippen molar-refractivity contribution in [1.82, 2.24) is 5.32 Å². The van der Waals surface area contributed by atoms with Gasteiger partial charge in [-0.15, -0.1) is 23.1 Å². The van der Waals surface area contributed by atoms with Gasteiger partial charge in [0.25, 0.3) is 0 Å². The zero-order chi connectivity index (χ0) is 16.2. The molecule has 0 fully saturated rings. The van der Waals surface area contributed by atoms with Crippen LogP contribution in [0.4, 0.5) is 0 Å². The van der Waals surface area contributed by atoms with E-state index in [4.69, 9.17) is 0 Å². The smallest absolute Gasteiger partial charge is 0.225 e. The number of benzene rings is 1. The summed E-state index contributed by atoms with van der Waals surface area (Å²) in [6.45, 7) is 2.06. The summed E-state index contributed by atoms with van der Waals surface area (Å²) < 4.78 is 0. The third-order valence-electron chi connectivity index (χ3n) is 3.71. The predicted molar refractivity (Wildman–Crippen MR) is 94.9 cm³/mol. The van der Waals surface area contributed by atoms with E-state index in [9.17, 15) is 10.1 Å². The van der Waals surface area contributed by atoms with E-state index in [1.165, 1.54) is 22.9 Å². The van der Waals surface area contributed by atoms with Crippen molar-refractivity contribution >= 4 is 29.0 Å². The number of hydrogen-bond donors (Lipinski definition) is 1. The van der Waals surface area contributed by atoms with Crippen LogP contribution in [0.1, 0.15) is 28.3 Å². The van der Waals surface area contributed by atoms with Crippen molar-refractivity contribution in [2.75, 3.05) is 0 Å². The molecule has 1 N–H and O–H groups in total. The van der Waals surface area contributed by atoms with Crippen molar-refractivity contribution in [3.05, 3.63) is 68.4 Å². The minimum Gasteiger partial charge on any atom is -0.320 e. The van der Waals surface area contributed by atoms with Gasteiger partial charge >= 0.3 is 0 Å². The summed E-state index contributed by atoms with van der Waals surface area (Å²) in [5, 5.41) is 15.2. The van der Waals surface area contributed by atoms with Crippen molar-refractivity contribution in [1.29, 1.82) is 5.26 Å². The van der Waals surface area contributed by atoms with Crippen LogP contribution in [0.3, 0.4) is 0 Å². The lowest BCUT2D eigenvalue weighted by molar-refractivity contribution is -0.120. The molecular formula is C18H16N2OS2. The van der Waals surface area contributed by atoms with Crippen molar-refractivity contribution in [3.8, 4) is 6.07 Å². The lowest BCUT2D eigenvalue weighted by atomic mass is 9.93. The fraction of sp³-hybridized carbons (Fsp3) is 0.222. The van der Waals surface area contributed by atoms with Gasteiger partial charge in [0, 0.05) is 23.0 Å². The van der Waals surface area contributed by atoms with Crippen LogP contribution in [-0.4, -0.2) is 5.91 Å². The monoisotopic (exact) mass is 340 g/mol. The van der Waals surface area contributed by atoms with Crippen molar-refractivity contribution in [2.24, 2.45) is 0 Å². The summed E-state index contributed by atoms with van der Waals surface area (Å²) in [6.07, 6.45) is 0.345. The van der Waals surface area contributed by atoms with Crippen LogP contribution in [0.25, 0.3) is 0 Å². The quantitative estimate of drug-likeness (QED) is 0.901. The van der Waals surface area contributed by atoms with Crippen LogP contribution in [0.15, 0.2) is 52.4 Å². The summed E-state index contributed by atoms with van der Waals surface area (Å²) in [6, 6.07) is 14.5. The second-order valence-electron chi connectivity index (χ2n) is 5.45. The molecule has 0 aliphatic carbocycles. The molecule has 3 rings (SSSR count). The van der Waals surface area contributed by atoms with Crippen LogP contribution < -0.4 is 5.32 Å². The molecule has 1 atom stereocenters. The molecule has 1 amide bonds. The van der Waals surface area contributed by atoms with Gasteiger partial charge in [0.05, 0.1) is 16.7 Å². The molecular weight excluding hydrogens is 324 g/mol. The summed E-state index contributed by atoms with van der Waals surface area (Å²) in [7, 11) is 0. The highest BCUT2D eigenvalue weighted by atomic mass is 32.2. The second kappa shape index (κ2) is 7.03. The molecule has 0 spiro atoms. The molecule has 2 heterocycles. The normalized spacial score (nSPS) is 17.7. The Bertz CT molecular complexity index is 788. The molecule has 23 heavy (non-hydrogen) atoms. The molecule has 0 radical (unpaired) electrons. The van der Waals surface area contributed by atoms with Gasteiger partial charge in [-0.05, 0) is 23.9 Å². The van der Waals surface area contributed by atoms with Gasteiger partial charge in [0.1, 0.15) is 0 Å². The molecule has 1 aliphatic rings. The highest BCUT2D eigenvalue weighted by Crippen LogP contribution is 2.38. The second-order valence-corrected chi connectivity index (χ2v) is 7.42.